The molecule has 0 spiro atoms. The smallest absolute Gasteiger partial charge is 0.379 e. The minimum absolute atomic E-state index is 0.0546. The summed E-state index contributed by atoms with van der Waals surface area (Å²) < 4.78 is 80.0. The van der Waals surface area contributed by atoms with Crippen molar-refractivity contribution >= 4 is 7.82 Å². The van der Waals surface area contributed by atoms with E-state index in [2.05, 4.69) is 6.92 Å². The van der Waals surface area contributed by atoms with E-state index in [4.69, 9.17) is 46.9 Å². The van der Waals surface area contributed by atoms with Crippen molar-refractivity contribution in [3.05, 3.63) is 179 Å². The molecule has 0 saturated heterocycles. The van der Waals surface area contributed by atoms with Crippen LogP contribution in [0.5, 0.6) is 0 Å². The van der Waals surface area contributed by atoms with E-state index in [-0.39, 0.29) is 66.1 Å². The van der Waals surface area contributed by atoms with E-state index < -0.39 is 50.6 Å². The summed E-state index contributed by atoms with van der Waals surface area (Å²) in [7, 11) is 1.57. The normalized spacial score (nSPS) is 19.4. The van der Waals surface area contributed by atoms with Gasteiger partial charge in [0.1, 0.15) is 55.9 Å². The van der Waals surface area contributed by atoms with Crippen molar-refractivity contribution in [1.82, 2.24) is 0 Å². The number of phosphoric ester groups is 1. The van der Waals surface area contributed by atoms with Gasteiger partial charge in [0, 0.05) is 6.61 Å². The Labute approximate surface area is 498 Å². The fraction of sp³-hybridized carbons (Fsp3) is 0.565. The fourth-order valence-electron chi connectivity index (χ4n) is 10.2. The lowest BCUT2D eigenvalue weighted by atomic mass is 9.83. The zero-order valence-corrected chi connectivity index (χ0v) is 51.5. The second-order valence-electron chi connectivity index (χ2n) is 23.1. The lowest BCUT2D eigenvalue weighted by molar-refractivity contribution is -0.870. The van der Waals surface area contributed by atoms with Crippen LogP contribution in [0, 0.1) is 0 Å². The summed E-state index contributed by atoms with van der Waals surface area (Å²) in [6.07, 6.45) is 15.5. The Morgan fingerprint density at radius 3 is 1.02 bits per heavy atom. The lowest BCUT2D eigenvalue weighted by Gasteiger charge is -2.49. The minimum Gasteiger partial charge on any atom is -0.379 e. The van der Waals surface area contributed by atoms with E-state index >= 15 is 0 Å². The summed E-state index contributed by atoms with van der Waals surface area (Å²) in [6, 6.07) is 50.4. The van der Waals surface area contributed by atoms with Gasteiger partial charge in [0.2, 0.25) is 0 Å². The zero-order chi connectivity index (χ0) is 58.5. The molecular weight excluding hydrogens is 1070 g/mol. The molecule has 13 nitrogen and oxygen atoms in total. The Bertz CT molecular complexity index is 2300. The van der Waals surface area contributed by atoms with Gasteiger partial charge in [0.05, 0.1) is 80.6 Å². The molecule has 458 valence electrons. The molecular formula is C69H101NO12P+. The van der Waals surface area contributed by atoms with Gasteiger partial charge in [-0.3, -0.25) is 9.05 Å². The quantitative estimate of drug-likeness (QED) is 0.0226. The second kappa shape index (κ2) is 40.3. The predicted octanol–water partition coefficient (Wildman–Crippen LogP) is 14.8. The maximum atomic E-state index is 13.2. The maximum absolute atomic E-state index is 13.2. The number of nitrogens with zero attached hydrogens (tertiary/aromatic N) is 1. The molecule has 5 aromatic rings. The Morgan fingerprint density at radius 1 is 0.386 bits per heavy atom. The third kappa shape index (κ3) is 28.3. The van der Waals surface area contributed by atoms with Crippen LogP contribution >= 0.6 is 7.82 Å². The van der Waals surface area contributed by atoms with Crippen molar-refractivity contribution in [2.24, 2.45) is 0 Å². The number of hydrogen-bond acceptors (Lipinski definition) is 11. The molecule has 5 aromatic carbocycles. The lowest BCUT2D eigenvalue weighted by Crippen LogP contribution is -2.67. The van der Waals surface area contributed by atoms with Crippen molar-refractivity contribution in [2.45, 2.75) is 185 Å². The van der Waals surface area contributed by atoms with Gasteiger partial charge < -0.3 is 47.3 Å². The molecule has 0 heterocycles. The summed E-state index contributed by atoms with van der Waals surface area (Å²) in [6.45, 7) is 4.83. The Hall–Kier alpha value is -4.15. The molecule has 1 aliphatic carbocycles. The first kappa shape index (κ1) is 68.0. The molecule has 1 aliphatic rings. The molecule has 6 rings (SSSR count). The van der Waals surface area contributed by atoms with Gasteiger partial charge in [-0.1, -0.05) is 255 Å². The number of phosphoric acid groups is 1. The van der Waals surface area contributed by atoms with Crippen molar-refractivity contribution in [3.63, 3.8) is 0 Å². The van der Waals surface area contributed by atoms with E-state index in [0.29, 0.717) is 17.6 Å². The number of quaternary nitrogens is 1. The van der Waals surface area contributed by atoms with Crippen LogP contribution in [-0.4, -0.2) is 119 Å². The molecule has 1 fully saturated rings. The van der Waals surface area contributed by atoms with E-state index in [1.807, 2.05) is 173 Å². The summed E-state index contributed by atoms with van der Waals surface area (Å²) in [5.41, 5.74) is 4.93. The second-order valence-corrected chi connectivity index (χ2v) is 24.6. The van der Waals surface area contributed by atoms with E-state index in [1.165, 1.54) is 89.9 Å². The maximum Gasteiger partial charge on any atom is 0.472 e. The van der Waals surface area contributed by atoms with Crippen LogP contribution in [0.2, 0.25) is 0 Å². The highest BCUT2D eigenvalue weighted by atomic mass is 31.2. The molecule has 0 radical (unpaired) electrons. The van der Waals surface area contributed by atoms with Crippen molar-refractivity contribution in [1.29, 1.82) is 0 Å². The van der Waals surface area contributed by atoms with E-state index in [1.54, 1.807) is 0 Å². The fourth-order valence-corrected chi connectivity index (χ4v) is 11.0. The molecule has 8 atom stereocenters. The van der Waals surface area contributed by atoms with Crippen LogP contribution in [0.15, 0.2) is 152 Å². The highest BCUT2D eigenvalue weighted by Crippen LogP contribution is 2.43. The average molecular weight is 1170 g/mol. The van der Waals surface area contributed by atoms with E-state index in [0.717, 1.165) is 40.7 Å². The Balaban J connectivity index is 1.18. The van der Waals surface area contributed by atoms with Crippen LogP contribution in [0.3, 0.4) is 0 Å². The van der Waals surface area contributed by atoms with Gasteiger partial charge in [0.25, 0.3) is 0 Å². The standard InChI is InChI=1S/C69H100NO12P/c1-5-6-7-8-9-10-11-12-13-14-15-16-17-18-19-35-47-73-56-63(57-82-83(71,72)81-48-46-70(2,3)4)74-49-50-75-64-65(76-51-58-36-25-20-26-37-58)67(78-53-60-40-29-22-30-41-60)69(80-55-62-44-33-24-34-45-62)68(79-54-61-42-31-23-32-43-61)66(64)77-52-59-38-27-21-28-39-59/h20-34,36-45,63-69H,5-19,35,46-57H2,1-4H3/p+1/t63-,64?,65-,66-,67-,68+,69?/m1/s1. The summed E-state index contributed by atoms with van der Waals surface area (Å²) >= 11 is 0. The highest BCUT2D eigenvalue weighted by molar-refractivity contribution is 7.47. The monoisotopic (exact) mass is 1170 g/mol. The van der Waals surface area contributed by atoms with Gasteiger partial charge >= 0.3 is 7.82 Å². The molecule has 1 N–H and O–H groups in total. The molecule has 14 heteroatoms. The number of benzene rings is 5. The first-order valence-corrected chi connectivity index (χ1v) is 32.6. The molecule has 0 amide bonds. The van der Waals surface area contributed by atoms with Gasteiger partial charge in [0.15, 0.2) is 0 Å². The van der Waals surface area contributed by atoms with Gasteiger partial charge in [-0.05, 0) is 34.2 Å². The molecule has 83 heavy (non-hydrogen) atoms. The Morgan fingerprint density at radius 2 is 0.699 bits per heavy atom. The number of hydrogen-bond donors (Lipinski definition) is 1. The largest absolute Gasteiger partial charge is 0.472 e. The van der Waals surface area contributed by atoms with Gasteiger partial charge in [-0.15, -0.1) is 0 Å². The summed E-state index contributed by atoms with van der Waals surface area (Å²) in [5, 5.41) is 0. The summed E-state index contributed by atoms with van der Waals surface area (Å²) in [5.74, 6) is 0. The van der Waals surface area contributed by atoms with Crippen LogP contribution in [0.4, 0.5) is 0 Å². The topological polar surface area (TPSA) is 130 Å². The average Bonchev–Trinajstić information content (AvgIpc) is 3.40. The van der Waals surface area contributed by atoms with Gasteiger partial charge in [-0.25, -0.2) is 4.57 Å². The minimum atomic E-state index is -4.41. The Kier molecular flexibility index (Phi) is 33.0. The van der Waals surface area contributed by atoms with Crippen LogP contribution < -0.4 is 0 Å². The van der Waals surface area contributed by atoms with Crippen LogP contribution in [0.25, 0.3) is 0 Å². The summed E-state index contributed by atoms with van der Waals surface area (Å²) in [4.78, 5) is 10.8. The molecule has 1 saturated carbocycles. The molecule has 0 bridgehead atoms. The van der Waals surface area contributed by atoms with Crippen LogP contribution in [-0.2, 0) is 84.5 Å². The SMILES string of the molecule is CCCCCCCCCCCCCCCCCCOC[C@H](COP(=O)(O)OCC[N+](C)(C)C)OCCOC1[C@@H](OCc2ccccc2)[C@H](OCc2ccccc2)C(OCc2ccccc2)[C@H](OCc2ccccc2)[C@@H]1OCc1ccccc1. The van der Waals surface area contributed by atoms with Crippen molar-refractivity contribution in [2.75, 3.05) is 67.3 Å². The number of unbranched alkanes of at least 4 members (excludes halogenated alkanes) is 15. The van der Waals surface area contributed by atoms with Crippen molar-refractivity contribution in [3.8, 4) is 0 Å². The number of rotatable bonds is 46. The zero-order valence-electron chi connectivity index (χ0n) is 50.6. The third-order valence-electron chi connectivity index (χ3n) is 15.0. The van der Waals surface area contributed by atoms with Crippen molar-refractivity contribution < 1.29 is 60.9 Å². The van der Waals surface area contributed by atoms with Crippen LogP contribution in [0.1, 0.15) is 137 Å². The first-order valence-electron chi connectivity index (χ1n) is 31.1. The van der Waals surface area contributed by atoms with E-state index in [9.17, 15) is 9.46 Å². The molecule has 0 aliphatic heterocycles. The number of ether oxygens (including phenoxy) is 8. The van der Waals surface area contributed by atoms with Gasteiger partial charge in [-0.2, -0.15) is 0 Å². The highest BCUT2D eigenvalue weighted by Gasteiger charge is 2.55. The third-order valence-corrected chi connectivity index (χ3v) is 16.0. The first-order chi connectivity index (χ1) is 40.6. The predicted molar refractivity (Wildman–Crippen MR) is 330 cm³/mol. The number of likely N-dealkylation sites (N-methyl/N-ethyl adjacent to an activating group) is 1. The molecule has 3 unspecified atom stereocenters. The molecule has 0 aromatic heterocycles.